The maximum atomic E-state index is 12.4. The first kappa shape index (κ1) is 42.3. The van der Waals surface area contributed by atoms with Gasteiger partial charge in [-0.05, 0) is 79.8 Å². The van der Waals surface area contributed by atoms with Gasteiger partial charge in [0, 0.05) is 10.5 Å². The van der Waals surface area contributed by atoms with Crippen molar-refractivity contribution >= 4 is 58.0 Å². The van der Waals surface area contributed by atoms with Crippen molar-refractivity contribution in [3.63, 3.8) is 0 Å². The van der Waals surface area contributed by atoms with E-state index < -0.39 is 41.5 Å². The Morgan fingerprint density at radius 1 is 0.612 bits per heavy atom. The van der Waals surface area contributed by atoms with Gasteiger partial charge in [-0.2, -0.15) is 8.42 Å². The first-order chi connectivity index (χ1) is 22.9. The Kier molecular flexibility index (Phi) is 17.9. The minimum absolute atomic E-state index is 0. The molecule has 4 rings (SSSR count). The van der Waals surface area contributed by atoms with Crippen molar-refractivity contribution in [2.24, 2.45) is 0 Å². The third-order valence-electron chi connectivity index (χ3n) is 7.43. The zero-order valence-corrected chi connectivity index (χ0v) is 31.7. The molecule has 0 aliphatic heterocycles. The van der Waals surface area contributed by atoms with Gasteiger partial charge in [0.25, 0.3) is 10.1 Å². The zero-order chi connectivity index (χ0) is 35.2. The van der Waals surface area contributed by atoms with Crippen molar-refractivity contribution in [3.8, 4) is 34.5 Å². The molecule has 0 fully saturated rings. The van der Waals surface area contributed by atoms with Gasteiger partial charge in [-0.25, -0.2) is 8.42 Å². The Morgan fingerprint density at radius 3 is 1.47 bits per heavy atom. The Labute approximate surface area is 319 Å². The number of rotatable bonds is 16. The van der Waals surface area contributed by atoms with Crippen LogP contribution < -0.4 is 14.6 Å². The van der Waals surface area contributed by atoms with Crippen LogP contribution in [0.25, 0.3) is 0 Å². The maximum absolute atomic E-state index is 12.4. The van der Waals surface area contributed by atoms with Gasteiger partial charge in [-0.15, -0.1) is 0 Å². The minimum Gasteiger partial charge on any atom is -0.871 e. The maximum Gasteiger partial charge on any atom is 2.00 e. The molecule has 0 amide bonds. The van der Waals surface area contributed by atoms with Gasteiger partial charge in [0.1, 0.15) is 43.8 Å². The number of phenols is 1. The molecule has 0 saturated carbocycles. The molecule has 0 unspecified atom stereocenters. The molecule has 4 aromatic rings. The Hall–Kier alpha value is -2.84. The Bertz CT molecular complexity index is 1680. The van der Waals surface area contributed by atoms with E-state index in [4.69, 9.17) is 9.47 Å². The van der Waals surface area contributed by atoms with Gasteiger partial charge in [0.05, 0.1) is 0 Å². The van der Waals surface area contributed by atoms with Crippen molar-refractivity contribution in [2.75, 3.05) is 0 Å². The average molecular weight is 739 g/mol. The van der Waals surface area contributed by atoms with E-state index in [1.807, 2.05) is 24.3 Å². The second-order valence-electron chi connectivity index (χ2n) is 11.1. The largest absolute Gasteiger partial charge is 2.00 e. The molecule has 0 aromatic heterocycles. The van der Waals surface area contributed by atoms with E-state index in [0.29, 0.717) is 41.4 Å². The topological polar surface area (TPSA) is 173 Å². The molecule has 0 bridgehead atoms. The van der Waals surface area contributed by atoms with E-state index in [1.165, 1.54) is 12.1 Å². The van der Waals surface area contributed by atoms with Gasteiger partial charge in [-0.1, -0.05) is 94.5 Å². The van der Waals surface area contributed by atoms with Crippen LogP contribution in [-0.2, 0) is 33.1 Å². The van der Waals surface area contributed by atoms with Gasteiger partial charge >= 0.3 is 37.7 Å². The quantitative estimate of drug-likeness (QED) is 0.0657. The summed E-state index contributed by atoms with van der Waals surface area (Å²) < 4.78 is 77.3. The third-order valence-corrected chi connectivity index (χ3v) is 9.18. The average Bonchev–Trinajstić information content (AvgIpc) is 3.04. The third kappa shape index (κ3) is 13.4. The standard InChI is InChI=1S/2C18H22O5S.Ca/c2*1-2-3-4-8-11-15-16(23-14-9-6-5-7-10-14)12-13-17(18(15)19)24(20,21)22;/h2*5-7,9-10,12-13,19H,2-4,8,11H2,1H3,(H,20,21,22);/q;;+2/p-2. The summed E-state index contributed by atoms with van der Waals surface area (Å²) in [6, 6.07) is 23.0. The molecule has 0 heterocycles. The van der Waals surface area contributed by atoms with E-state index in [2.05, 4.69) is 13.8 Å². The fraction of sp³-hybridized carbons (Fsp3) is 0.333. The number of hydrogen-bond acceptors (Lipinski definition) is 9. The van der Waals surface area contributed by atoms with Crippen LogP contribution in [0.2, 0.25) is 0 Å². The van der Waals surface area contributed by atoms with Crippen molar-refractivity contribution in [1.29, 1.82) is 0 Å². The van der Waals surface area contributed by atoms with Crippen molar-refractivity contribution in [2.45, 2.75) is 87.8 Å². The summed E-state index contributed by atoms with van der Waals surface area (Å²) in [6.45, 7) is 4.17. The molecular weight excluding hydrogens is 697 g/mol. The Balaban J connectivity index is 0.000000333. The summed E-state index contributed by atoms with van der Waals surface area (Å²) >= 11 is 0. The molecule has 0 atom stereocenters. The van der Waals surface area contributed by atoms with E-state index in [0.717, 1.165) is 63.5 Å². The van der Waals surface area contributed by atoms with Gasteiger partial charge in [0.2, 0.25) is 0 Å². The zero-order valence-electron chi connectivity index (χ0n) is 27.8. The van der Waals surface area contributed by atoms with Crippen LogP contribution in [0.1, 0.15) is 76.3 Å². The molecule has 0 saturated heterocycles. The predicted octanol–water partition coefficient (Wildman–Crippen LogP) is 7.75. The summed E-state index contributed by atoms with van der Waals surface area (Å²) in [5.41, 5.74) is 0.636. The molecular formula is C36H42CaO10S2. The smallest absolute Gasteiger partial charge is 0.871 e. The minimum atomic E-state index is -4.80. The number of aromatic hydroxyl groups is 1. The number of ether oxygens (including phenoxy) is 2. The van der Waals surface area contributed by atoms with Crippen LogP contribution >= 0.6 is 0 Å². The monoisotopic (exact) mass is 738 g/mol. The van der Waals surface area contributed by atoms with Gasteiger partial charge < -0.3 is 24.2 Å². The number of benzene rings is 4. The second-order valence-corrected chi connectivity index (χ2v) is 13.9. The fourth-order valence-electron chi connectivity index (χ4n) is 4.95. The first-order valence-electron chi connectivity index (χ1n) is 15.9. The molecule has 49 heavy (non-hydrogen) atoms. The molecule has 2 N–H and O–H groups in total. The summed E-state index contributed by atoms with van der Waals surface area (Å²) in [4.78, 5) is -1.21. The van der Waals surface area contributed by atoms with Crippen LogP contribution in [0.3, 0.4) is 0 Å². The van der Waals surface area contributed by atoms with Crippen molar-refractivity contribution in [1.82, 2.24) is 0 Å². The van der Waals surface area contributed by atoms with Crippen LogP contribution in [0, 0.1) is 0 Å². The second kappa shape index (κ2) is 20.7. The number of phenolic OH excluding ortho intramolecular Hbond substituents is 1. The molecule has 0 spiro atoms. The fourth-order valence-corrected chi connectivity index (χ4v) is 6.14. The number of unbranched alkanes of at least 4 members (excludes halogenated alkanes) is 6. The van der Waals surface area contributed by atoms with Crippen LogP contribution in [-0.4, -0.2) is 68.8 Å². The first-order valence-corrected chi connectivity index (χ1v) is 18.8. The molecule has 0 aliphatic rings. The number of para-hydroxylation sites is 2. The van der Waals surface area contributed by atoms with Crippen LogP contribution in [0.5, 0.6) is 34.5 Å². The molecule has 10 nitrogen and oxygen atoms in total. The van der Waals surface area contributed by atoms with Crippen LogP contribution in [0.4, 0.5) is 0 Å². The van der Waals surface area contributed by atoms with Crippen molar-refractivity contribution < 1.29 is 45.6 Å². The van der Waals surface area contributed by atoms with Gasteiger partial charge in [0.15, 0.2) is 0 Å². The molecule has 4 aromatic carbocycles. The van der Waals surface area contributed by atoms with E-state index in [-0.39, 0.29) is 43.3 Å². The molecule has 0 radical (unpaired) electrons. The molecule has 0 aliphatic carbocycles. The van der Waals surface area contributed by atoms with E-state index in [9.17, 15) is 36.2 Å². The summed E-state index contributed by atoms with van der Waals surface area (Å²) in [6.07, 6.45) is 8.49. The molecule has 13 heteroatoms. The number of hydrogen-bond donors (Lipinski definition) is 2. The Morgan fingerprint density at radius 2 is 1.04 bits per heavy atom. The van der Waals surface area contributed by atoms with Crippen molar-refractivity contribution in [3.05, 3.63) is 96.1 Å². The van der Waals surface area contributed by atoms with Crippen LogP contribution in [0.15, 0.2) is 94.7 Å². The van der Waals surface area contributed by atoms with E-state index in [1.54, 1.807) is 36.4 Å². The molecule has 260 valence electrons. The van der Waals surface area contributed by atoms with Gasteiger partial charge in [-0.3, -0.25) is 4.55 Å². The summed E-state index contributed by atoms with van der Waals surface area (Å²) in [7, 11) is -9.29. The summed E-state index contributed by atoms with van der Waals surface area (Å²) in [5, 5.41) is 22.8. The summed E-state index contributed by atoms with van der Waals surface area (Å²) in [5.74, 6) is 0.630. The normalized spacial score (nSPS) is 11.2. The predicted molar refractivity (Wildman–Crippen MR) is 186 cm³/mol. The van der Waals surface area contributed by atoms with E-state index >= 15 is 0 Å². The SMILES string of the molecule is CCCCCCc1c(Oc2ccccc2)ccc(S(=O)(=O)O)c1O.CCCCCCc1c(Oc2ccccc2)ccc(S(=O)(=O)[O-])c1[O-].[Ca+2].